The summed E-state index contributed by atoms with van der Waals surface area (Å²) < 4.78 is 1.58. The molecule has 1 aliphatic heterocycles. The summed E-state index contributed by atoms with van der Waals surface area (Å²) in [4.78, 5) is 17.4. The van der Waals surface area contributed by atoms with E-state index in [0.717, 1.165) is 49.7 Å². The van der Waals surface area contributed by atoms with E-state index < -0.39 is 0 Å². The Balaban J connectivity index is 1.10. The number of rotatable bonds is 7. The number of piperazine rings is 1. The molecule has 5 rings (SSSR count). The van der Waals surface area contributed by atoms with Gasteiger partial charge < -0.3 is 10.2 Å². The van der Waals surface area contributed by atoms with Crippen molar-refractivity contribution in [2.45, 2.75) is 13.0 Å². The van der Waals surface area contributed by atoms with Gasteiger partial charge in [0.25, 0.3) is 0 Å². The Kier molecular flexibility index (Phi) is 6.58. The number of aromatic nitrogens is 4. The molecule has 0 spiro atoms. The fraction of sp³-hybridized carbons (Fsp3) is 0.231. The van der Waals surface area contributed by atoms with Crippen molar-refractivity contribution in [1.29, 1.82) is 0 Å². The summed E-state index contributed by atoms with van der Waals surface area (Å²) >= 11 is 0. The van der Waals surface area contributed by atoms with E-state index >= 15 is 0 Å². The molecule has 0 radical (unpaired) electrons. The number of nitrogens with zero attached hydrogens (tertiary/aromatic N) is 6. The van der Waals surface area contributed by atoms with E-state index in [1.807, 2.05) is 36.4 Å². The number of nitrogens with one attached hydrogen (secondary N) is 1. The van der Waals surface area contributed by atoms with Crippen molar-refractivity contribution in [3.05, 3.63) is 96.3 Å². The molecule has 1 N–H and O–H groups in total. The van der Waals surface area contributed by atoms with Crippen LogP contribution in [-0.4, -0.2) is 57.2 Å². The van der Waals surface area contributed by atoms with Gasteiger partial charge in [-0.15, -0.1) is 5.10 Å². The van der Waals surface area contributed by atoms with E-state index in [2.05, 4.69) is 73.1 Å². The average molecular weight is 454 g/mol. The molecular formula is C26H27N7O. The lowest BCUT2D eigenvalue weighted by Gasteiger charge is -2.36. The van der Waals surface area contributed by atoms with E-state index in [4.69, 9.17) is 0 Å². The number of amides is 1. The maximum Gasteiger partial charge on any atom is 0.228 e. The van der Waals surface area contributed by atoms with Crippen molar-refractivity contribution in [3.8, 4) is 5.69 Å². The summed E-state index contributed by atoms with van der Waals surface area (Å²) in [6, 6.07) is 26.4. The van der Waals surface area contributed by atoms with Crippen molar-refractivity contribution < 1.29 is 4.79 Å². The van der Waals surface area contributed by atoms with Crippen LogP contribution in [0.4, 0.5) is 11.4 Å². The van der Waals surface area contributed by atoms with E-state index in [0.29, 0.717) is 6.42 Å². The molecule has 0 bridgehead atoms. The number of hydrogen-bond donors (Lipinski definition) is 1. The Morgan fingerprint density at radius 1 is 0.794 bits per heavy atom. The molecule has 4 aromatic rings. The third-order valence-corrected chi connectivity index (χ3v) is 6.05. The highest BCUT2D eigenvalue weighted by Gasteiger charge is 2.17. The Hall–Kier alpha value is -4.04. The molecule has 0 atom stereocenters. The minimum Gasteiger partial charge on any atom is -0.369 e. The van der Waals surface area contributed by atoms with Crippen LogP contribution in [0.1, 0.15) is 11.1 Å². The summed E-state index contributed by atoms with van der Waals surface area (Å²) in [5.74, 6) is -0.0440. The molecule has 8 nitrogen and oxygen atoms in total. The van der Waals surface area contributed by atoms with Crippen LogP contribution in [0.3, 0.4) is 0 Å². The fourth-order valence-corrected chi connectivity index (χ4v) is 4.20. The summed E-state index contributed by atoms with van der Waals surface area (Å²) in [7, 11) is 0. The predicted molar refractivity (Wildman–Crippen MR) is 132 cm³/mol. The number of benzene rings is 3. The SMILES string of the molecule is O=C(Cc1ccc(-n2cnnn2)cc1)Nc1ccc(N2CCN(Cc3ccccc3)CC2)cc1. The van der Waals surface area contributed by atoms with Crippen LogP contribution >= 0.6 is 0 Å². The predicted octanol–water partition coefficient (Wildman–Crippen LogP) is 3.17. The van der Waals surface area contributed by atoms with Crippen LogP contribution in [0.25, 0.3) is 5.69 Å². The second kappa shape index (κ2) is 10.3. The van der Waals surface area contributed by atoms with Crippen LogP contribution in [0.2, 0.25) is 0 Å². The first kappa shape index (κ1) is 21.8. The Bertz CT molecular complexity index is 1180. The highest BCUT2D eigenvalue weighted by Crippen LogP contribution is 2.20. The lowest BCUT2D eigenvalue weighted by atomic mass is 10.1. The maximum absolute atomic E-state index is 12.5. The molecule has 0 saturated carbocycles. The highest BCUT2D eigenvalue weighted by molar-refractivity contribution is 5.92. The van der Waals surface area contributed by atoms with Gasteiger partial charge in [0.05, 0.1) is 12.1 Å². The topological polar surface area (TPSA) is 79.2 Å². The summed E-state index contributed by atoms with van der Waals surface area (Å²) in [6.45, 7) is 5.08. The van der Waals surface area contributed by atoms with Gasteiger partial charge in [-0.25, -0.2) is 4.68 Å². The number of carbonyl (C=O) groups is 1. The van der Waals surface area contributed by atoms with Crippen LogP contribution in [0.5, 0.6) is 0 Å². The Morgan fingerprint density at radius 2 is 1.50 bits per heavy atom. The van der Waals surface area contributed by atoms with Crippen molar-refractivity contribution in [2.24, 2.45) is 0 Å². The molecule has 3 aromatic carbocycles. The zero-order chi connectivity index (χ0) is 23.2. The van der Waals surface area contributed by atoms with Gasteiger partial charge in [-0.2, -0.15) is 0 Å². The van der Waals surface area contributed by atoms with Crippen molar-refractivity contribution in [1.82, 2.24) is 25.1 Å². The Labute approximate surface area is 198 Å². The summed E-state index contributed by atoms with van der Waals surface area (Å²) in [6.07, 6.45) is 1.84. The highest BCUT2D eigenvalue weighted by atomic mass is 16.1. The van der Waals surface area contributed by atoms with Crippen LogP contribution in [0.15, 0.2) is 85.2 Å². The molecule has 172 valence electrons. The zero-order valence-electron chi connectivity index (χ0n) is 18.9. The standard InChI is InChI=1S/C26H27N7O/c34-26(18-21-6-10-25(11-7-21)33-20-27-29-30-33)28-23-8-12-24(13-9-23)32-16-14-31(15-17-32)19-22-4-2-1-3-5-22/h1-13,20H,14-19H2,(H,28,34). The lowest BCUT2D eigenvalue weighted by Crippen LogP contribution is -2.45. The third kappa shape index (κ3) is 5.47. The summed E-state index contributed by atoms with van der Waals surface area (Å²) in [5.41, 5.74) is 5.14. The second-order valence-corrected chi connectivity index (χ2v) is 8.44. The number of anilines is 2. The number of tetrazole rings is 1. The lowest BCUT2D eigenvalue weighted by molar-refractivity contribution is -0.115. The van der Waals surface area contributed by atoms with E-state index in [1.165, 1.54) is 17.6 Å². The molecule has 1 saturated heterocycles. The smallest absolute Gasteiger partial charge is 0.228 e. The molecule has 1 amide bonds. The van der Waals surface area contributed by atoms with Crippen molar-refractivity contribution >= 4 is 17.3 Å². The quantitative estimate of drug-likeness (QED) is 0.463. The monoisotopic (exact) mass is 453 g/mol. The van der Waals surface area contributed by atoms with Gasteiger partial charge in [0, 0.05) is 44.1 Å². The van der Waals surface area contributed by atoms with E-state index in [9.17, 15) is 4.79 Å². The molecule has 34 heavy (non-hydrogen) atoms. The second-order valence-electron chi connectivity index (χ2n) is 8.44. The molecule has 2 heterocycles. The summed E-state index contributed by atoms with van der Waals surface area (Å²) in [5, 5.41) is 14.1. The largest absolute Gasteiger partial charge is 0.369 e. The molecule has 0 unspecified atom stereocenters. The van der Waals surface area contributed by atoms with Gasteiger partial charge >= 0.3 is 0 Å². The first-order chi connectivity index (χ1) is 16.7. The third-order valence-electron chi connectivity index (χ3n) is 6.05. The molecule has 1 aliphatic rings. The molecular weight excluding hydrogens is 426 g/mol. The maximum atomic E-state index is 12.5. The first-order valence-corrected chi connectivity index (χ1v) is 11.5. The van der Waals surface area contributed by atoms with Crippen LogP contribution in [0, 0.1) is 0 Å². The van der Waals surface area contributed by atoms with Gasteiger partial charge in [-0.3, -0.25) is 9.69 Å². The van der Waals surface area contributed by atoms with Crippen LogP contribution in [-0.2, 0) is 17.8 Å². The minimum atomic E-state index is -0.0440. The van der Waals surface area contributed by atoms with Gasteiger partial charge in [-0.1, -0.05) is 42.5 Å². The molecule has 0 aliphatic carbocycles. The van der Waals surface area contributed by atoms with Gasteiger partial charge in [0.15, 0.2) is 0 Å². The van der Waals surface area contributed by atoms with Gasteiger partial charge in [0.1, 0.15) is 6.33 Å². The average Bonchev–Trinajstić information content (AvgIpc) is 3.41. The number of carbonyl (C=O) groups excluding carboxylic acids is 1. The van der Waals surface area contributed by atoms with E-state index in [-0.39, 0.29) is 5.91 Å². The minimum absolute atomic E-state index is 0.0440. The van der Waals surface area contributed by atoms with Crippen molar-refractivity contribution in [2.75, 3.05) is 36.4 Å². The Morgan fingerprint density at radius 3 is 2.18 bits per heavy atom. The van der Waals surface area contributed by atoms with Gasteiger partial charge in [0.2, 0.25) is 5.91 Å². The number of hydrogen-bond acceptors (Lipinski definition) is 6. The molecule has 1 fully saturated rings. The van der Waals surface area contributed by atoms with Gasteiger partial charge in [-0.05, 0) is 58.0 Å². The van der Waals surface area contributed by atoms with E-state index in [1.54, 1.807) is 4.68 Å². The molecule has 1 aromatic heterocycles. The van der Waals surface area contributed by atoms with Crippen LogP contribution < -0.4 is 10.2 Å². The van der Waals surface area contributed by atoms with Crippen molar-refractivity contribution in [3.63, 3.8) is 0 Å². The molecule has 8 heteroatoms. The fourth-order valence-electron chi connectivity index (χ4n) is 4.20. The normalized spacial score (nSPS) is 14.2. The first-order valence-electron chi connectivity index (χ1n) is 11.5. The zero-order valence-corrected chi connectivity index (χ0v) is 18.9.